The number of amides is 1. The topological polar surface area (TPSA) is 97.7 Å². The number of aryl methyl sites for hydroxylation is 1. The predicted octanol–water partition coefficient (Wildman–Crippen LogP) is 3.01. The summed E-state index contributed by atoms with van der Waals surface area (Å²) in [6, 6.07) is 3.67. The molecule has 8 nitrogen and oxygen atoms in total. The fourth-order valence-electron chi connectivity index (χ4n) is 3.16. The molecule has 1 amide bonds. The van der Waals surface area contributed by atoms with E-state index in [1.54, 1.807) is 20.0 Å². The summed E-state index contributed by atoms with van der Waals surface area (Å²) in [6.07, 6.45) is 2.95. The lowest BCUT2D eigenvalue weighted by Gasteiger charge is -2.13. The van der Waals surface area contributed by atoms with Gasteiger partial charge in [0.1, 0.15) is 22.7 Å². The summed E-state index contributed by atoms with van der Waals surface area (Å²) >= 11 is 0. The lowest BCUT2D eigenvalue weighted by Crippen LogP contribution is -2.36. The average molecular weight is 418 g/mol. The first-order chi connectivity index (χ1) is 14.3. The zero-order valence-corrected chi connectivity index (χ0v) is 16.0. The number of nitrogens with one attached hydrogen (secondary N) is 2. The highest BCUT2D eigenvalue weighted by atomic mass is 19.3. The number of ether oxygens (including phenoxy) is 1. The van der Waals surface area contributed by atoms with E-state index in [4.69, 9.17) is 0 Å². The highest BCUT2D eigenvalue weighted by Crippen LogP contribution is 2.28. The molecule has 0 bridgehead atoms. The van der Waals surface area contributed by atoms with Crippen molar-refractivity contribution < 1.29 is 22.7 Å². The number of hydrogen-bond donors (Lipinski definition) is 2. The van der Waals surface area contributed by atoms with E-state index in [1.807, 2.05) is 0 Å². The summed E-state index contributed by atoms with van der Waals surface area (Å²) in [5, 5.41) is 7.67. The van der Waals surface area contributed by atoms with Crippen LogP contribution in [0.25, 0.3) is 33.5 Å². The molecule has 1 unspecified atom stereocenters. The monoisotopic (exact) mass is 418 g/mol. The maximum Gasteiger partial charge on any atom is 0.345 e. The van der Waals surface area contributed by atoms with Gasteiger partial charge in [0, 0.05) is 24.7 Å². The lowest BCUT2D eigenvalue weighted by atomic mass is 10.1. The van der Waals surface area contributed by atoms with E-state index in [-0.39, 0.29) is 18.0 Å². The number of fused-ring (bicyclic) bond motifs is 2. The molecule has 2 N–H and O–H groups in total. The van der Waals surface area contributed by atoms with Gasteiger partial charge >= 0.3 is 6.61 Å². The second-order valence-corrected chi connectivity index (χ2v) is 6.76. The van der Waals surface area contributed by atoms with Crippen LogP contribution in [0, 0.1) is 5.82 Å². The number of halogens is 3. The maximum atomic E-state index is 13.6. The van der Waals surface area contributed by atoms with Crippen molar-refractivity contribution >= 4 is 28.0 Å². The molecule has 0 saturated carbocycles. The maximum absolute atomic E-state index is 13.6. The lowest BCUT2D eigenvalue weighted by molar-refractivity contribution is -0.132. The number of hydrogen-bond acceptors (Lipinski definition) is 5. The van der Waals surface area contributed by atoms with Gasteiger partial charge in [0.05, 0.1) is 23.9 Å². The zero-order chi connectivity index (χ0) is 21.4. The Bertz CT molecular complexity index is 1240. The Labute approximate surface area is 168 Å². The van der Waals surface area contributed by atoms with Gasteiger partial charge in [-0.3, -0.25) is 9.48 Å². The second-order valence-electron chi connectivity index (χ2n) is 6.76. The van der Waals surface area contributed by atoms with E-state index in [9.17, 15) is 18.0 Å². The molecule has 0 spiro atoms. The quantitative estimate of drug-likeness (QED) is 0.502. The van der Waals surface area contributed by atoms with Crippen molar-refractivity contribution in [3.63, 3.8) is 0 Å². The molecule has 3 aromatic heterocycles. The Balaban J connectivity index is 1.68. The van der Waals surface area contributed by atoms with E-state index < -0.39 is 18.6 Å². The molecular formula is C19H17F3N6O2. The minimum atomic E-state index is -2.91. The summed E-state index contributed by atoms with van der Waals surface area (Å²) in [4.78, 5) is 24.2. The Morgan fingerprint density at radius 2 is 2.17 bits per heavy atom. The van der Waals surface area contributed by atoms with Crippen molar-refractivity contribution in [1.82, 2.24) is 30.0 Å². The standard InChI is InChI=1S/C19H17F3N6O2/c1-9(8-30-19(21)22)25-18(29)12-6-23-17-16(12)26-13(7-24-17)15-11-4-3-10(20)5-14(11)28(2)27-15/h3-7,9,19H,8H2,1-2H3,(H,23,24)(H,25,29). The molecular weight excluding hydrogens is 401 g/mol. The van der Waals surface area contributed by atoms with E-state index in [1.165, 1.54) is 29.2 Å². The van der Waals surface area contributed by atoms with E-state index in [0.717, 1.165) is 0 Å². The molecule has 1 atom stereocenters. The van der Waals surface area contributed by atoms with Crippen LogP contribution < -0.4 is 5.32 Å². The number of H-pyrrole nitrogens is 1. The van der Waals surface area contributed by atoms with Crippen molar-refractivity contribution in [2.75, 3.05) is 6.61 Å². The molecule has 0 radical (unpaired) electrons. The van der Waals surface area contributed by atoms with Gasteiger partial charge in [0.15, 0.2) is 5.65 Å². The predicted molar refractivity (Wildman–Crippen MR) is 102 cm³/mol. The van der Waals surface area contributed by atoms with Gasteiger partial charge in [0.2, 0.25) is 0 Å². The van der Waals surface area contributed by atoms with E-state index in [0.29, 0.717) is 33.5 Å². The Hall–Kier alpha value is -3.47. The SMILES string of the molecule is CC(COC(F)F)NC(=O)c1c[nH]c2ncc(-c3nn(C)c4cc(F)ccc34)nc12. The van der Waals surface area contributed by atoms with E-state index >= 15 is 0 Å². The normalized spacial score (nSPS) is 12.7. The van der Waals surface area contributed by atoms with Crippen LogP contribution in [0.5, 0.6) is 0 Å². The largest absolute Gasteiger partial charge is 0.347 e. The van der Waals surface area contributed by atoms with Crippen LogP contribution in [0.3, 0.4) is 0 Å². The van der Waals surface area contributed by atoms with Crippen molar-refractivity contribution in [2.45, 2.75) is 19.6 Å². The molecule has 3 heterocycles. The van der Waals surface area contributed by atoms with Gasteiger partial charge in [-0.25, -0.2) is 14.4 Å². The fraction of sp³-hybridized carbons (Fsp3) is 0.263. The van der Waals surface area contributed by atoms with Gasteiger partial charge < -0.3 is 15.0 Å². The Morgan fingerprint density at radius 3 is 2.93 bits per heavy atom. The van der Waals surface area contributed by atoms with Crippen molar-refractivity contribution in [3.8, 4) is 11.4 Å². The average Bonchev–Trinajstić information content (AvgIpc) is 3.27. The van der Waals surface area contributed by atoms with Crippen LogP contribution in [0.2, 0.25) is 0 Å². The summed E-state index contributed by atoms with van der Waals surface area (Å²) in [5.74, 6) is -0.890. The molecule has 0 saturated heterocycles. The van der Waals surface area contributed by atoms with E-state index in [2.05, 4.69) is 30.1 Å². The van der Waals surface area contributed by atoms with Crippen LogP contribution >= 0.6 is 0 Å². The molecule has 1 aromatic carbocycles. The van der Waals surface area contributed by atoms with Gasteiger partial charge in [-0.2, -0.15) is 13.9 Å². The number of aromatic nitrogens is 5. The first-order valence-electron chi connectivity index (χ1n) is 9.01. The Kier molecular flexibility index (Phi) is 5.12. The highest BCUT2D eigenvalue weighted by molar-refractivity contribution is 6.05. The molecule has 4 rings (SSSR count). The minimum absolute atomic E-state index is 0.203. The number of carbonyl (C=O) groups is 1. The summed E-state index contributed by atoms with van der Waals surface area (Å²) in [7, 11) is 1.69. The molecule has 0 aliphatic carbocycles. The van der Waals surface area contributed by atoms with Gasteiger partial charge in [-0.05, 0) is 25.1 Å². The number of carbonyl (C=O) groups excluding carboxylic acids is 1. The first kappa shape index (κ1) is 19.8. The van der Waals surface area contributed by atoms with Gasteiger partial charge in [0.25, 0.3) is 5.91 Å². The summed E-state index contributed by atoms with van der Waals surface area (Å²) < 4.78 is 43.7. The molecule has 0 fully saturated rings. The van der Waals surface area contributed by atoms with Crippen LogP contribution in [-0.2, 0) is 11.8 Å². The van der Waals surface area contributed by atoms with Gasteiger partial charge in [-0.1, -0.05) is 0 Å². The number of aromatic amines is 1. The first-order valence-corrected chi connectivity index (χ1v) is 9.01. The van der Waals surface area contributed by atoms with Crippen molar-refractivity contribution in [1.29, 1.82) is 0 Å². The highest BCUT2D eigenvalue weighted by Gasteiger charge is 2.19. The summed E-state index contributed by atoms with van der Waals surface area (Å²) in [5.41, 5.74) is 2.37. The molecule has 11 heteroatoms. The number of alkyl halides is 2. The molecule has 156 valence electrons. The van der Waals surface area contributed by atoms with Crippen LogP contribution in [-0.4, -0.2) is 49.9 Å². The van der Waals surface area contributed by atoms with Crippen molar-refractivity contribution in [2.24, 2.45) is 7.05 Å². The van der Waals surface area contributed by atoms with Crippen LogP contribution in [0.15, 0.2) is 30.6 Å². The number of benzene rings is 1. The Morgan fingerprint density at radius 1 is 1.37 bits per heavy atom. The third-order valence-corrected chi connectivity index (χ3v) is 4.53. The zero-order valence-electron chi connectivity index (χ0n) is 16.0. The third-order valence-electron chi connectivity index (χ3n) is 4.53. The molecule has 0 aliphatic heterocycles. The van der Waals surface area contributed by atoms with Gasteiger partial charge in [-0.15, -0.1) is 0 Å². The fourth-order valence-corrected chi connectivity index (χ4v) is 3.16. The number of nitrogens with zero attached hydrogens (tertiary/aromatic N) is 4. The third kappa shape index (κ3) is 3.71. The number of rotatable bonds is 6. The second kappa shape index (κ2) is 7.75. The summed E-state index contributed by atoms with van der Waals surface area (Å²) in [6.45, 7) is -1.70. The molecule has 4 aromatic rings. The molecule has 0 aliphatic rings. The minimum Gasteiger partial charge on any atom is -0.347 e. The van der Waals surface area contributed by atoms with Crippen LogP contribution in [0.1, 0.15) is 17.3 Å². The van der Waals surface area contributed by atoms with Crippen molar-refractivity contribution in [3.05, 3.63) is 42.0 Å². The van der Waals surface area contributed by atoms with Crippen LogP contribution in [0.4, 0.5) is 13.2 Å². The molecule has 30 heavy (non-hydrogen) atoms. The smallest absolute Gasteiger partial charge is 0.345 e.